The molecule has 1 aromatic rings. The number of hydrogen-bond donors (Lipinski definition) is 2. The number of rotatable bonds is 6. The van der Waals surface area contributed by atoms with Gasteiger partial charge in [-0.15, -0.1) is 0 Å². The summed E-state index contributed by atoms with van der Waals surface area (Å²) in [6.45, 7) is 2.97. The summed E-state index contributed by atoms with van der Waals surface area (Å²) >= 11 is 0. The van der Waals surface area contributed by atoms with Gasteiger partial charge in [-0.1, -0.05) is 6.07 Å². The van der Waals surface area contributed by atoms with Crippen molar-refractivity contribution in [1.82, 2.24) is 10.6 Å². The normalized spacial score (nSPS) is 25.3. The van der Waals surface area contributed by atoms with Crippen molar-refractivity contribution in [1.29, 1.82) is 0 Å². The van der Waals surface area contributed by atoms with E-state index in [-0.39, 0.29) is 28.7 Å². The van der Waals surface area contributed by atoms with Crippen molar-refractivity contribution in [2.75, 3.05) is 33.4 Å². The highest BCUT2D eigenvalue weighted by Crippen LogP contribution is 2.49. The molecule has 1 saturated carbocycles. The standard InChI is InChI=1S/C18H24F2N2O2/c1-24-11-18(5-7-21-8-6-18)10-22-17(23)13-9-12(13)16-14(19)3-2-4-15(16)20/h2-4,12-13,21H,5-11H2,1H3,(H,22,23). The van der Waals surface area contributed by atoms with E-state index in [1.54, 1.807) is 7.11 Å². The van der Waals surface area contributed by atoms with Crippen LogP contribution in [0.5, 0.6) is 0 Å². The van der Waals surface area contributed by atoms with Crippen LogP contribution in [0.4, 0.5) is 8.78 Å². The number of nitrogens with one attached hydrogen (secondary N) is 2. The summed E-state index contributed by atoms with van der Waals surface area (Å²) in [7, 11) is 1.67. The van der Waals surface area contributed by atoms with Gasteiger partial charge in [0.2, 0.25) is 5.91 Å². The van der Waals surface area contributed by atoms with Crippen LogP contribution >= 0.6 is 0 Å². The van der Waals surface area contributed by atoms with Crippen molar-refractivity contribution in [2.24, 2.45) is 11.3 Å². The molecule has 1 aliphatic carbocycles. The molecule has 24 heavy (non-hydrogen) atoms. The molecule has 0 bridgehead atoms. The molecule has 3 rings (SSSR count). The Morgan fingerprint density at radius 3 is 2.62 bits per heavy atom. The Morgan fingerprint density at radius 2 is 2.00 bits per heavy atom. The summed E-state index contributed by atoms with van der Waals surface area (Å²) in [5.74, 6) is -1.93. The third kappa shape index (κ3) is 3.59. The van der Waals surface area contributed by atoms with Crippen molar-refractivity contribution in [3.63, 3.8) is 0 Å². The maximum Gasteiger partial charge on any atom is 0.223 e. The monoisotopic (exact) mass is 338 g/mol. The minimum Gasteiger partial charge on any atom is -0.384 e. The van der Waals surface area contributed by atoms with Crippen LogP contribution in [0.25, 0.3) is 0 Å². The van der Waals surface area contributed by atoms with Crippen molar-refractivity contribution < 1.29 is 18.3 Å². The van der Waals surface area contributed by atoms with E-state index >= 15 is 0 Å². The lowest BCUT2D eigenvalue weighted by Gasteiger charge is -2.37. The van der Waals surface area contributed by atoms with Gasteiger partial charge in [-0.25, -0.2) is 8.78 Å². The number of hydrogen-bond acceptors (Lipinski definition) is 3. The van der Waals surface area contributed by atoms with E-state index in [1.165, 1.54) is 18.2 Å². The Bertz CT molecular complexity index is 577. The summed E-state index contributed by atoms with van der Waals surface area (Å²) in [4.78, 5) is 12.4. The van der Waals surface area contributed by atoms with Crippen LogP contribution in [0.1, 0.15) is 30.7 Å². The SMILES string of the molecule is COCC1(CNC(=O)C2CC2c2c(F)cccc2F)CCNCC1. The number of piperidine rings is 1. The van der Waals surface area contributed by atoms with E-state index in [0.717, 1.165) is 25.9 Å². The van der Waals surface area contributed by atoms with Gasteiger partial charge < -0.3 is 15.4 Å². The second-order valence-electron chi connectivity index (χ2n) is 6.98. The first-order chi connectivity index (χ1) is 11.6. The molecular formula is C18H24F2N2O2. The molecule has 1 saturated heterocycles. The Morgan fingerprint density at radius 1 is 1.33 bits per heavy atom. The van der Waals surface area contributed by atoms with Gasteiger partial charge in [-0.3, -0.25) is 4.79 Å². The number of ether oxygens (including phenoxy) is 1. The zero-order valence-electron chi connectivity index (χ0n) is 13.9. The number of benzene rings is 1. The van der Waals surface area contributed by atoms with Crippen LogP contribution in [0, 0.1) is 23.0 Å². The zero-order valence-corrected chi connectivity index (χ0v) is 13.9. The quantitative estimate of drug-likeness (QED) is 0.836. The fraction of sp³-hybridized carbons (Fsp3) is 0.611. The maximum absolute atomic E-state index is 13.8. The third-order valence-electron chi connectivity index (χ3n) is 5.25. The number of methoxy groups -OCH3 is 1. The second-order valence-corrected chi connectivity index (χ2v) is 6.98. The van der Waals surface area contributed by atoms with Gasteiger partial charge in [0.1, 0.15) is 11.6 Å². The Labute approximate surface area is 141 Å². The molecule has 1 aliphatic heterocycles. The Hall–Kier alpha value is -1.53. The molecule has 1 amide bonds. The molecule has 6 heteroatoms. The molecule has 1 heterocycles. The van der Waals surface area contributed by atoms with Crippen molar-refractivity contribution in [3.8, 4) is 0 Å². The van der Waals surface area contributed by atoms with Crippen LogP contribution in [-0.2, 0) is 9.53 Å². The first-order valence-corrected chi connectivity index (χ1v) is 8.48. The van der Waals surface area contributed by atoms with E-state index in [2.05, 4.69) is 10.6 Å². The van der Waals surface area contributed by atoms with Gasteiger partial charge in [0.05, 0.1) is 6.61 Å². The minimum atomic E-state index is -0.565. The molecule has 1 aromatic carbocycles. The fourth-order valence-electron chi connectivity index (χ4n) is 3.71. The second kappa shape index (κ2) is 7.15. The van der Waals surface area contributed by atoms with E-state index in [4.69, 9.17) is 4.74 Å². The summed E-state index contributed by atoms with van der Waals surface area (Å²) in [6.07, 6.45) is 2.39. The lowest BCUT2D eigenvalue weighted by Crippen LogP contribution is -2.47. The largest absolute Gasteiger partial charge is 0.384 e. The van der Waals surface area contributed by atoms with Crippen molar-refractivity contribution in [3.05, 3.63) is 35.4 Å². The molecule has 2 fully saturated rings. The van der Waals surface area contributed by atoms with Crippen LogP contribution < -0.4 is 10.6 Å². The summed E-state index contributed by atoms with van der Waals surface area (Å²) < 4.78 is 33.0. The van der Waals surface area contributed by atoms with Gasteiger partial charge in [-0.05, 0) is 44.5 Å². The fourth-order valence-corrected chi connectivity index (χ4v) is 3.71. The third-order valence-corrected chi connectivity index (χ3v) is 5.25. The highest BCUT2D eigenvalue weighted by Gasteiger charge is 2.47. The van der Waals surface area contributed by atoms with E-state index < -0.39 is 11.6 Å². The number of amides is 1. The molecule has 0 spiro atoms. The predicted octanol–water partition coefficient (Wildman–Crippen LogP) is 2.20. The maximum atomic E-state index is 13.8. The van der Waals surface area contributed by atoms with Gasteiger partial charge in [-0.2, -0.15) is 0 Å². The lowest BCUT2D eigenvalue weighted by molar-refractivity contribution is -0.123. The van der Waals surface area contributed by atoms with Crippen LogP contribution in [0.3, 0.4) is 0 Å². The summed E-state index contributed by atoms with van der Waals surface area (Å²) in [5.41, 5.74) is -0.00495. The van der Waals surface area contributed by atoms with E-state index in [1.807, 2.05) is 0 Å². The van der Waals surface area contributed by atoms with Crippen LogP contribution in [-0.4, -0.2) is 39.3 Å². The average Bonchev–Trinajstić information content (AvgIpc) is 3.34. The number of carbonyl (C=O) groups is 1. The molecule has 4 nitrogen and oxygen atoms in total. The summed E-state index contributed by atoms with van der Waals surface area (Å²) in [5, 5.41) is 6.30. The highest BCUT2D eigenvalue weighted by molar-refractivity contribution is 5.83. The molecule has 132 valence electrons. The highest BCUT2D eigenvalue weighted by atomic mass is 19.1. The van der Waals surface area contributed by atoms with E-state index in [0.29, 0.717) is 19.6 Å². The first kappa shape index (κ1) is 17.3. The van der Waals surface area contributed by atoms with Gasteiger partial charge in [0.25, 0.3) is 0 Å². The summed E-state index contributed by atoms with van der Waals surface area (Å²) in [6, 6.07) is 3.83. The number of halogens is 2. The number of carbonyl (C=O) groups excluding carboxylic acids is 1. The molecule has 2 N–H and O–H groups in total. The predicted molar refractivity (Wildman–Crippen MR) is 86.6 cm³/mol. The van der Waals surface area contributed by atoms with Crippen molar-refractivity contribution in [2.45, 2.75) is 25.2 Å². The van der Waals surface area contributed by atoms with Crippen molar-refractivity contribution >= 4 is 5.91 Å². The Balaban J connectivity index is 1.58. The molecule has 2 atom stereocenters. The topological polar surface area (TPSA) is 50.4 Å². The van der Waals surface area contributed by atoms with E-state index in [9.17, 15) is 13.6 Å². The average molecular weight is 338 g/mol. The molecular weight excluding hydrogens is 314 g/mol. The van der Waals surface area contributed by atoms with Gasteiger partial charge in [0, 0.05) is 36.5 Å². The minimum absolute atomic E-state index is 0.0473. The Kier molecular flexibility index (Phi) is 5.15. The molecule has 0 radical (unpaired) electrons. The smallest absolute Gasteiger partial charge is 0.223 e. The molecule has 2 aliphatic rings. The zero-order chi connectivity index (χ0) is 17.2. The molecule has 0 aromatic heterocycles. The van der Waals surface area contributed by atoms with Gasteiger partial charge in [0.15, 0.2) is 0 Å². The van der Waals surface area contributed by atoms with Gasteiger partial charge >= 0.3 is 0 Å². The van der Waals surface area contributed by atoms with Crippen LogP contribution in [0.2, 0.25) is 0 Å². The van der Waals surface area contributed by atoms with Crippen LogP contribution in [0.15, 0.2) is 18.2 Å². The lowest BCUT2D eigenvalue weighted by atomic mass is 9.79. The molecule has 2 unspecified atom stereocenters. The first-order valence-electron chi connectivity index (χ1n) is 8.48.